The van der Waals surface area contributed by atoms with Crippen molar-refractivity contribution in [1.29, 1.82) is 5.26 Å². The molecular formula is C16H17N5O. The summed E-state index contributed by atoms with van der Waals surface area (Å²) >= 11 is 0. The zero-order valence-electron chi connectivity index (χ0n) is 12.5. The van der Waals surface area contributed by atoms with E-state index >= 15 is 0 Å². The number of hydrogen-bond acceptors (Lipinski definition) is 4. The summed E-state index contributed by atoms with van der Waals surface area (Å²) in [6.45, 7) is 4.37. The van der Waals surface area contributed by atoms with Gasteiger partial charge in [-0.2, -0.15) is 5.26 Å². The van der Waals surface area contributed by atoms with Gasteiger partial charge in [0, 0.05) is 12.1 Å². The first-order chi connectivity index (χ1) is 10.6. The van der Waals surface area contributed by atoms with Crippen LogP contribution < -0.4 is 5.32 Å². The third kappa shape index (κ3) is 4.03. The predicted molar refractivity (Wildman–Crippen MR) is 82.4 cm³/mol. The highest BCUT2D eigenvalue weighted by Crippen LogP contribution is 2.07. The molecule has 0 aliphatic carbocycles. The number of nitriles is 1. The van der Waals surface area contributed by atoms with Gasteiger partial charge in [-0.3, -0.25) is 4.79 Å². The van der Waals surface area contributed by atoms with Crippen LogP contribution in [0.5, 0.6) is 0 Å². The van der Waals surface area contributed by atoms with Crippen LogP contribution in [-0.4, -0.2) is 20.7 Å². The summed E-state index contributed by atoms with van der Waals surface area (Å²) in [5.74, 6) is 0.490. The summed E-state index contributed by atoms with van der Waals surface area (Å²) in [4.78, 5) is 11.8. The van der Waals surface area contributed by atoms with Gasteiger partial charge in [-0.15, -0.1) is 10.2 Å². The average molecular weight is 295 g/mol. The van der Waals surface area contributed by atoms with E-state index in [9.17, 15) is 4.79 Å². The largest absolute Gasteiger partial charge is 0.345 e. The lowest BCUT2D eigenvalue weighted by Gasteiger charge is -2.09. The van der Waals surface area contributed by atoms with Gasteiger partial charge < -0.3 is 9.88 Å². The molecule has 0 aliphatic rings. The maximum absolute atomic E-state index is 11.8. The Kier molecular flexibility index (Phi) is 5.04. The number of amides is 1. The van der Waals surface area contributed by atoms with Gasteiger partial charge in [0.05, 0.1) is 18.2 Å². The fourth-order valence-corrected chi connectivity index (χ4v) is 1.93. The van der Waals surface area contributed by atoms with Gasteiger partial charge in [0.1, 0.15) is 6.33 Å². The number of nitrogens with zero attached hydrogens (tertiary/aromatic N) is 4. The molecule has 1 aromatic heterocycles. The first-order valence-electron chi connectivity index (χ1n) is 6.94. The highest BCUT2D eigenvalue weighted by atomic mass is 16.1. The second-order valence-electron chi connectivity index (χ2n) is 5.04. The SMILES string of the molecule is CC(C)n1cnnc1CNC(=O)C=Cc1cccc(C#N)c1. The Hall–Kier alpha value is -2.94. The van der Waals surface area contributed by atoms with Crippen LogP contribution in [0.3, 0.4) is 0 Å². The topological polar surface area (TPSA) is 83.6 Å². The molecule has 6 heteroatoms. The van der Waals surface area contributed by atoms with E-state index in [4.69, 9.17) is 5.26 Å². The van der Waals surface area contributed by atoms with Crippen LogP contribution in [0.25, 0.3) is 6.08 Å². The molecule has 0 bridgehead atoms. The molecule has 1 N–H and O–H groups in total. The second kappa shape index (κ2) is 7.18. The molecule has 1 aromatic carbocycles. The molecule has 0 radical (unpaired) electrons. The molecule has 22 heavy (non-hydrogen) atoms. The minimum atomic E-state index is -0.222. The third-order valence-corrected chi connectivity index (χ3v) is 3.07. The van der Waals surface area contributed by atoms with Crippen LogP contribution >= 0.6 is 0 Å². The third-order valence-electron chi connectivity index (χ3n) is 3.07. The van der Waals surface area contributed by atoms with Crippen LogP contribution in [0, 0.1) is 11.3 Å². The Balaban J connectivity index is 1.94. The summed E-state index contributed by atoms with van der Waals surface area (Å²) in [5, 5.41) is 19.4. The number of carbonyl (C=O) groups is 1. The van der Waals surface area contributed by atoms with Gasteiger partial charge in [0.25, 0.3) is 0 Å². The number of nitrogens with one attached hydrogen (secondary N) is 1. The van der Waals surface area contributed by atoms with E-state index in [1.807, 2.05) is 24.5 Å². The molecule has 0 atom stereocenters. The molecule has 6 nitrogen and oxygen atoms in total. The Labute approximate surface area is 129 Å². The Morgan fingerprint density at radius 2 is 2.32 bits per heavy atom. The van der Waals surface area contributed by atoms with E-state index in [2.05, 4.69) is 21.6 Å². The van der Waals surface area contributed by atoms with Gasteiger partial charge in [0.15, 0.2) is 5.82 Å². The van der Waals surface area contributed by atoms with Crippen molar-refractivity contribution in [2.24, 2.45) is 0 Å². The van der Waals surface area contributed by atoms with E-state index in [0.29, 0.717) is 17.9 Å². The molecule has 0 fully saturated rings. The van der Waals surface area contributed by atoms with Gasteiger partial charge in [-0.1, -0.05) is 12.1 Å². The maximum atomic E-state index is 11.8. The first kappa shape index (κ1) is 15.4. The molecule has 0 aliphatic heterocycles. The quantitative estimate of drug-likeness (QED) is 0.856. The van der Waals surface area contributed by atoms with Crippen molar-refractivity contribution in [3.05, 3.63) is 53.6 Å². The monoisotopic (exact) mass is 295 g/mol. The minimum absolute atomic E-state index is 0.222. The number of carbonyl (C=O) groups excluding carboxylic acids is 1. The molecule has 112 valence electrons. The van der Waals surface area contributed by atoms with Crippen molar-refractivity contribution < 1.29 is 4.79 Å². The minimum Gasteiger partial charge on any atom is -0.345 e. The Morgan fingerprint density at radius 3 is 3.05 bits per heavy atom. The van der Waals surface area contributed by atoms with Crippen molar-refractivity contribution in [1.82, 2.24) is 20.1 Å². The molecule has 0 spiro atoms. The van der Waals surface area contributed by atoms with Crippen molar-refractivity contribution in [3.63, 3.8) is 0 Å². The van der Waals surface area contributed by atoms with Crippen molar-refractivity contribution in [3.8, 4) is 6.07 Å². The fourth-order valence-electron chi connectivity index (χ4n) is 1.93. The van der Waals surface area contributed by atoms with Gasteiger partial charge >= 0.3 is 0 Å². The molecular weight excluding hydrogens is 278 g/mol. The first-order valence-corrected chi connectivity index (χ1v) is 6.94. The van der Waals surface area contributed by atoms with Crippen LogP contribution in [0.2, 0.25) is 0 Å². The number of hydrogen-bond donors (Lipinski definition) is 1. The number of rotatable bonds is 5. The van der Waals surface area contributed by atoms with E-state index in [1.165, 1.54) is 6.08 Å². The summed E-state index contributed by atoms with van der Waals surface area (Å²) in [5.41, 5.74) is 1.37. The molecule has 1 heterocycles. The second-order valence-corrected chi connectivity index (χ2v) is 5.04. The smallest absolute Gasteiger partial charge is 0.244 e. The highest BCUT2D eigenvalue weighted by molar-refractivity contribution is 5.91. The zero-order chi connectivity index (χ0) is 15.9. The van der Waals surface area contributed by atoms with E-state index in [1.54, 1.807) is 30.6 Å². The van der Waals surface area contributed by atoms with Gasteiger partial charge in [-0.05, 0) is 37.6 Å². The summed E-state index contributed by atoms with van der Waals surface area (Å²) in [7, 11) is 0. The van der Waals surface area contributed by atoms with Crippen LogP contribution in [0.15, 0.2) is 36.7 Å². The van der Waals surface area contributed by atoms with Crippen LogP contribution in [0.1, 0.15) is 36.8 Å². The summed E-state index contributed by atoms with van der Waals surface area (Å²) in [6, 6.07) is 9.36. The Bertz CT molecular complexity index is 724. The molecule has 0 unspecified atom stereocenters. The molecule has 0 saturated carbocycles. The predicted octanol–water partition coefficient (Wildman–Crippen LogP) is 2.06. The summed E-state index contributed by atoms with van der Waals surface area (Å²) < 4.78 is 1.90. The van der Waals surface area contributed by atoms with Gasteiger partial charge in [-0.25, -0.2) is 0 Å². The van der Waals surface area contributed by atoms with Crippen LogP contribution in [0.4, 0.5) is 0 Å². The van der Waals surface area contributed by atoms with Crippen molar-refractivity contribution in [2.75, 3.05) is 0 Å². The standard InChI is InChI=1S/C16H17N5O/c1-12(2)21-11-19-20-15(21)10-18-16(22)7-6-13-4-3-5-14(8-13)9-17/h3-8,11-12H,10H2,1-2H3,(H,18,22). The Morgan fingerprint density at radius 1 is 1.50 bits per heavy atom. The van der Waals surface area contributed by atoms with E-state index < -0.39 is 0 Å². The highest BCUT2D eigenvalue weighted by Gasteiger charge is 2.07. The van der Waals surface area contributed by atoms with Gasteiger partial charge in [0.2, 0.25) is 5.91 Å². The lowest BCUT2D eigenvalue weighted by atomic mass is 10.1. The summed E-state index contributed by atoms with van der Waals surface area (Å²) in [6.07, 6.45) is 4.76. The molecule has 2 aromatic rings. The molecule has 0 saturated heterocycles. The van der Waals surface area contributed by atoms with Crippen molar-refractivity contribution in [2.45, 2.75) is 26.4 Å². The van der Waals surface area contributed by atoms with Crippen LogP contribution in [-0.2, 0) is 11.3 Å². The molecule has 2 rings (SSSR count). The number of aromatic nitrogens is 3. The maximum Gasteiger partial charge on any atom is 0.244 e. The van der Waals surface area contributed by atoms with E-state index in [0.717, 1.165) is 5.56 Å². The fraction of sp³-hybridized carbons (Fsp3) is 0.250. The molecule has 1 amide bonds. The zero-order valence-corrected chi connectivity index (χ0v) is 12.5. The van der Waals surface area contributed by atoms with E-state index in [-0.39, 0.29) is 11.9 Å². The lowest BCUT2D eigenvalue weighted by molar-refractivity contribution is -0.116. The lowest BCUT2D eigenvalue weighted by Crippen LogP contribution is -2.23. The average Bonchev–Trinajstić information content (AvgIpc) is 3.00. The normalized spacial score (nSPS) is 10.8. The number of benzene rings is 1. The van der Waals surface area contributed by atoms with Crippen molar-refractivity contribution >= 4 is 12.0 Å².